The van der Waals surface area contributed by atoms with Crippen LogP contribution in [0.3, 0.4) is 0 Å². The van der Waals surface area contributed by atoms with E-state index in [0.29, 0.717) is 13.0 Å². The number of amides is 1. The summed E-state index contributed by atoms with van der Waals surface area (Å²) in [5.41, 5.74) is 1.22. The summed E-state index contributed by atoms with van der Waals surface area (Å²) in [6.45, 7) is 4.11. The molecular formula is C20H27N2O3S+. The fraction of sp³-hybridized carbons (Fsp3) is 0.450. The number of aryl methyl sites for hydroxylation is 1. The summed E-state index contributed by atoms with van der Waals surface area (Å²) in [6.07, 6.45) is 1.34. The third-order valence-corrected chi connectivity index (χ3v) is 5.76. The van der Waals surface area contributed by atoms with Crippen molar-refractivity contribution in [2.45, 2.75) is 18.9 Å². The van der Waals surface area contributed by atoms with Gasteiger partial charge < -0.3 is 19.7 Å². The van der Waals surface area contributed by atoms with E-state index in [4.69, 9.17) is 9.47 Å². The van der Waals surface area contributed by atoms with Gasteiger partial charge in [-0.25, -0.2) is 0 Å². The first-order chi connectivity index (χ1) is 12.8. The van der Waals surface area contributed by atoms with Crippen LogP contribution in [-0.2, 0) is 16.0 Å². The molecule has 0 spiro atoms. The van der Waals surface area contributed by atoms with E-state index in [9.17, 15) is 4.79 Å². The first-order valence-electron chi connectivity index (χ1n) is 9.11. The van der Waals surface area contributed by atoms with Gasteiger partial charge in [0.2, 0.25) is 5.91 Å². The number of carbonyl (C=O) groups is 1. The summed E-state index contributed by atoms with van der Waals surface area (Å²) in [5, 5.41) is 5.19. The van der Waals surface area contributed by atoms with Crippen LogP contribution in [0.1, 0.15) is 22.9 Å². The molecule has 2 aromatic rings. The van der Waals surface area contributed by atoms with Gasteiger partial charge in [0.15, 0.2) is 0 Å². The third kappa shape index (κ3) is 5.30. The Kier molecular flexibility index (Phi) is 7.05. The van der Waals surface area contributed by atoms with Gasteiger partial charge in [0.05, 0.1) is 26.9 Å². The summed E-state index contributed by atoms with van der Waals surface area (Å²) in [4.78, 5) is 15.0. The Hall–Kier alpha value is -1.89. The molecule has 5 nitrogen and oxygen atoms in total. The van der Waals surface area contributed by atoms with Crippen molar-refractivity contribution < 1.29 is 19.2 Å². The van der Waals surface area contributed by atoms with Crippen molar-refractivity contribution in [3.63, 3.8) is 0 Å². The van der Waals surface area contributed by atoms with Crippen molar-refractivity contribution in [3.8, 4) is 5.75 Å². The maximum absolute atomic E-state index is 12.3. The summed E-state index contributed by atoms with van der Waals surface area (Å²) in [7, 11) is 1.67. The number of benzene rings is 1. The van der Waals surface area contributed by atoms with Crippen molar-refractivity contribution in [2.75, 3.05) is 40.0 Å². The first kappa shape index (κ1) is 18.9. The zero-order valence-corrected chi connectivity index (χ0v) is 16.0. The molecule has 1 fully saturated rings. The van der Waals surface area contributed by atoms with Gasteiger partial charge in [-0.1, -0.05) is 6.07 Å². The van der Waals surface area contributed by atoms with Crippen LogP contribution in [0.15, 0.2) is 41.8 Å². The third-order valence-electron chi connectivity index (χ3n) is 4.83. The highest BCUT2D eigenvalue weighted by Gasteiger charge is 2.26. The molecule has 1 aliphatic rings. The lowest BCUT2D eigenvalue weighted by atomic mass is 10.0. The van der Waals surface area contributed by atoms with Crippen LogP contribution < -0.4 is 15.0 Å². The lowest BCUT2D eigenvalue weighted by Gasteiger charge is -2.32. The van der Waals surface area contributed by atoms with Gasteiger partial charge in [0, 0.05) is 16.9 Å². The monoisotopic (exact) mass is 375 g/mol. The maximum Gasteiger partial charge on any atom is 0.220 e. The van der Waals surface area contributed by atoms with Gasteiger partial charge in [-0.3, -0.25) is 4.79 Å². The lowest BCUT2D eigenvalue weighted by Crippen LogP contribution is -3.15. The maximum atomic E-state index is 12.3. The first-order valence-corrected chi connectivity index (χ1v) is 9.99. The van der Waals surface area contributed by atoms with Crippen LogP contribution in [-0.4, -0.2) is 45.9 Å². The van der Waals surface area contributed by atoms with E-state index in [0.717, 1.165) is 38.5 Å². The molecule has 3 rings (SSSR count). The molecule has 1 saturated heterocycles. The number of nitrogens with one attached hydrogen (secondary N) is 2. The number of hydrogen-bond donors (Lipinski definition) is 2. The van der Waals surface area contributed by atoms with Gasteiger partial charge in [0.25, 0.3) is 0 Å². The zero-order valence-electron chi connectivity index (χ0n) is 15.2. The summed E-state index contributed by atoms with van der Waals surface area (Å²) >= 11 is 1.70. The standard InChI is InChI=1S/C20H26N2O3S/c1-24-17-6-4-16(5-7-17)19(22-10-12-25-13-11-22)15-21-20(23)9-8-18-3-2-14-26-18/h2-7,14,19H,8-13,15H2,1H3,(H,21,23)/p+1/t19-/m0/s1. The number of hydrogen-bond acceptors (Lipinski definition) is 4. The van der Waals surface area contributed by atoms with E-state index in [1.54, 1.807) is 18.4 Å². The van der Waals surface area contributed by atoms with Crippen molar-refractivity contribution >= 4 is 17.2 Å². The highest BCUT2D eigenvalue weighted by Crippen LogP contribution is 2.16. The predicted octanol–water partition coefficient (Wildman–Crippen LogP) is 1.46. The van der Waals surface area contributed by atoms with Gasteiger partial charge in [0.1, 0.15) is 24.9 Å². The van der Waals surface area contributed by atoms with Crippen LogP contribution in [0.2, 0.25) is 0 Å². The number of carbonyl (C=O) groups excluding carboxylic acids is 1. The molecule has 0 aliphatic carbocycles. The van der Waals surface area contributed by atoms with E-state index < -0.39 is 0 Å². The molecule has 0 bridgehead atoms. The smallest absolute Gasteiger partial charge is 0.220 e. The molecule has 140 valence electrons. The number of morpholine rings is 1. The van der Waals surface area contributed by atoms with Gasteiger partial charge in [-0.15, -0.1) is 11.3 Å². The molecule has 0 saturated carbocycles. The molecule has 1 atom stereocenters. The van der Waals surface area contributed by atoms with Gasteiger partial charge in [-0.05, 0) is 42.1 Å². The molecule has 1 aliphatic heterocycles. The molecule has 26 heavy (non-hydrogen) atoms. The van der Waals surface area contributed by atoms with E-state index >= 15 is 0 Å². The topological polar surface area (TPSA) is 52.0 Å². The van der Waals surface area contributed by atoms with E-state index in [1.807, 2.05) is 18.2 Å². The average molecular weight is 376 g/mol. The van der Waals surface area contributed by atoms with Gasteiger partial charge >= 0.3 is 0 Å². The molecule has 0 radical (unpaired) electrons. The van der Waals surface area contributed by atoms with E-state index in [-0.39, 0.29) is 11.9 Å². The Morgan fingerprint density at radius 1 is 1.27 bits per heavy atom. The minimum atomic E-state index is 0.115. The quantitative estimate of drug-likeness (QED) is 0.735. The highest BCUT2D eigenvalue weighted by atomic mass is 32.1. The number of thiophene rings is 1. The van der Waals surface area contributed by atoms with Crippen LogP contribution in [0, 0.1) is 0 Å². The van der Waals surface area contributed by atoms with Gasteiger partial charge in [-0.2, -0.15) is 0 Å². The Morgan fingerprint density at radius 3 is 2.69 bits per heavy atom. The van der Waals surface area contributed by atoms with E-state index in [2.05, 4.69) is 28.9 Å². The fourth-order valence-corrected chi connectivity index (χ4v) is 4.02. The van der Waals surface area contributed by atoms with Crippen LogP contribution >= 0.6 is 11.3 Å². The normalized spacial score (nSPS) is 16.2. The number of ether oxygens (including phenoxy) is 2. The Bertz CT molecular complexity index is 667. The summed E-state index contributed by atoms with van der Waals surface area (Å²) in [6, 6.07) is 12.5. The molecule has 1 aromatic heterocycles. The van der Waals surface area contributed by atoms with Crippen molar-refractivity contribution in [3.05, 3.63) is 52.2 Å². The molecule has 1 amide bonds. The Labute approximate surface area is 158 Å². The predicted molar refractivity (Wildman–Crippen MR) is 103 cm³/mol. The van der Waals surface area contributed by atoms with Crippen LogP contribution in [0.4, 0.5) is 0 Å². The largest absolute Gasteiger partial charge is 0.497 e. The molecule has 2 heterocycles. The van der Waals surface area contributed by atoms with Crippen molar-refractivity contribution in [1.82, 2.24) is 5.32 Å². The van der Waals surface area contributed by atoms with Crippen molar-refractivity contribution in [2.24, 2.45) is 0 Å². The molecular weight excluding hydrogens is 348 g/mol. The second kappa shape index (κ2) is 9.71. The highest BCUT2D eigenvalue weighted by molar-refractivity contribution is 7.09. The minimum Gasteiger partial charge on any atom is -0.497 e. The zero-order chi connectivity index (χ0) is 18.2. The number of methoxy groups -OCH3 is 1. The second-order valence-electron chi connectivity index (χ2n) is 6.48. The average Bonchev–Trinajstić information content (AvgIpc) is 3.21. The number of quaternary nitrogens is 1. The lowest BCUT2D eigenvalue weighted by molar-refractivity contribution is -0.937. The molecule has 2 N–H and O–H groups in total. The van der Waals surface area contributed by atoms with Crippen LogP contribution in [0.25, 0.3) is 0 Å². The summed E-state index contributed by atoms with van der Waals surface area (Å²) in [5.74, 6) is 0.967. The van der Waals surface area contributed by atoms with Crippen LogP contribution in [0.5, 0.6) is 5.75 Å². The molecule has 1 aromatic carbocycles. The SMILES string of the molecule is COc1ccc([C@H](CNC(=O)CCc2cccs2)[NH+]2CCOCC2)cc1. The molecule has 6 heteroatoms. The summed E-state index contributed by atoms with van der Waals surface area (Å²) < 4.78 is 10.8. The molecule has 0 unspecified atom stereocenters. The Balaban J connectivity index is 1.59. The van der Waals surface area contributed by atoms with E-state index in [1.165, 1.54) is 15.3 Å². The number of rotatable bonds is 8. The minimum absolute atomic E-state index is 0.115. The fourth-order valence-electron chi connectivity index (χ4n) is 3.31. The van der Waals surface area contributed by atoms with Crippen molar-refractivity contribution in [1.29, 1.82) is 0 Å². The second-order valence-corrected chi connectivity index (χ2v) is 7.51. The Morgan fingerprint density at radius 2 is 2.04 bits per heavy atom.